The fourth-order valence-electron chi connectivity index (χ4n) is 9.37. The monoisotopic (exact) mass is 1470 g/mol. The number of hydrogen-bond donors (Lipinski definition) is 10. The molecular weight excluding hydrogens is 1400 g/mol. The Kier molecular flexibility index (Phi) is 27.7. The molecule has 38 nitrogen and oxygen atoms in total. The van der Waals surface area contributed by atoms with Gasteiger partial charge in [-0.2, -0.15) is 13.6 Å². The highest BCUT2D eigenvalue weighted by Gasteiger charge is 2.44. The zero-order chi connectivity index (χ0) is 73.4. The molecule has 1 saturated heterocycles. The predicted octanol–water partition coefficient (Wildman–Crippen LogP) is 5.63. The Morgan fingerprint density at radius 3 is 2.41 bits per heavy atom. The lowest BCUT2D eigenvalue weighted by Crippen LogP contribution is -2.52. The van der Waals surface area contributed by atoms with Gasteiger partial charge in [-0.15, -0.1) is 0 Å². The number of ether oxygens (including phenoxy) is 4. The lowest BCUT2D eigenvalue weighted by molar-refractivity contribution is -0.128. The highest BCUT2D eigenvalue weighted by Crippen LogP contribution is 2.66. The average molecular weight is 1470 g/mol. The minimum absolute atomic E-state index is 0.0209. The van der Waals surface area contributed by atoms with Crippen LogP contribution in [0.25, 0.3) is 54.4 Å². The Hall–Kier alpha value is -10.7. The van der Waals surface area contributed by atoms with Gasteiger partial charge in [-0.1, -0.05) is 82.8 Å². The summed E-state index contributed by atoms with van der Waals surface area (Å²) in [5.41, 5.74) is 25.1. The maximum Gasteiger partial charge on any atom is 0.490 e. The van der Waals surface area contributed by atoms with Gasteiger partial charge in [-0.05, 0) is 103 Å². The highest BCUT2D eigenvalue weighted by molar-refractivity contribution is 7.66. The molecule has 3 aromatic heterocycles. The SMILES string of the molecule is Cc1ccc2cc(-c3nc4cc(C(=O)NC(CNC(=O)/C=C/C5=C\C=C/C=C/C=C\5)C(=O)NCCCCCNC(=O)c5cccc(OCC(N=[N+]=[N-])OCC(=O)NCC#Cc6cn(C7CC(OCN=[N+]=[N-])C(COP(=O)(O)OP(=O)(O)OP(=O)(O)O)O7)c(=O)nc6N)c5)ccc4o3)c(=O)oc2c1. The van der Waals surface area contributed by atoms with Crippen molar-refractivity contribution in [2.75, 3.05) is 58.5 Å². The van der Waals surface area contributed by atoms with Gasteiger partial charge < -0.3 is 79.7 Å². The van der Waals surface area contributed by atoms with Gasteiger partial charge in [0.15, 0.2) is 11.8 Å². The molecule has 0 spiro atoms. The van der Waals surface area contributed by atoms with Crippen LogP contribution in [0, 0.1) is 18.8 Å². The minimum atomic E-state index is -5.87. The molecule has 5 amide bonds. The number of unbranched alkanes of at least 4 members (excludes halogenated alkanes) is 2. The molecule has 0 radical (unpaired) electrons. The van der Waals surface area contributed by atoms with Crippen molar-refractivity contribution < 1.29 is 98.2 Å². The summed E-state index contributed by atoms with van der Waals surface area (Å²) in [5, 5.41) is 20.8. The van der Waals surface area contributed by atoms with Crippen LogP contribution in [0.4, 0.5) is 5.82 Å². The van der Waals surface area contributed by atoms with E-state index in [1.54, 1.807) is 42.5 Å². The number of rotatable bonds is 34. The van der Waals surface area contributed by atoms with Crippen molar-refractivity contribution in [3.63, 3.8) is 0 Å². The van der Waals surface area contributed by atoms with Gasteiger partial charge in [-0.3, -0.25) is 33.1 Å². The molecule has 41 heteroatoms. The fraction of sp³-hybridized carbons (Fsp3) is 0.295. The van der Waals surface area contributed by atoms with Gasteiger partial charge in [0, 0.05) is 64.7 Å². The number of hydrogen-bond acceptors (Lipinski definition) is 24. The fourth-order valence-corrected chi connectivity index (χ4v) is 12.4. The van der Waals surface area contributed by atoms with E-state index in [9.17, 15) is 62.6 Å². The number of carbonyl (C=O) groups is 5. The lowest BCUT2D eigenvalue weighted by Gasteiger charge is -2.21. The summed E-state index contributed by atoms with van der Waals surface area (Å²) in [6.07, 6.45) is 12.8. The summed E-state index contributed by atoms with van der Waals surface area (Å²) in [5.74, 6) is 2.06. The second kappa shape index (κ2) is 36.6. The van der Waals surface area contributed by atoms with E-state index in [0.29, 0.717) is 30.2 Å². The molecule has 7 unspecified atom stereocenters. The summed E-state index contributed by atoms with van der Waals surface area (Å²) >= 11 is 0. The third kappa shape index (κ3) is 24.0. The van der Waals surface area contributed by atoms with Gasteiger partial charge in [0.25, 0.3) is 11.8 Å². The number of nitrogens with one attached hydrogen (secondary N) is 5. The Morgan fingerprint density at radius 2 is 1.63 bits per heavy atom. The van der Waals surface area contributed by atoms with Gasteiger partial charge in [-0.25, -0.2) is 28.3 Å². The number of allylic oxidation sites excluding steroid dienone is 9. The number of anilines is 1. The van der Waals surface area contributed by atoms with E-state index >= 15 is 0 Å². The average Bonchev–Trinajstić information content (AvgIpc) is 1.65. The van der Waals surface area contributed by atoms with Gasteiger partial charge in [0.05, 0.1) is 24.8 Å². The Morgan fingerprint density at radius 1 is 0.853 bits per heavy atom. The minimum Gasteiger partial charge on any atom is -0.491 e. The number of phosphoric ester groups is 1. The molecule has 7 atom stereocenters. The van der Waals surface area contributed by atoms with Crippen LogP contribution >= 0.6 is 23.5 Å². The molecule has 1 fully saturated rings. The van der Waals surface area contributed by atoms with Crippen LogP contribution in [-0.4, -0.2) is 141 Å². The topological polar surface area (TPSA) is 557 Å². The van der Waals surface area contributed by atoms with E-state index < -0.39 is 122 Å². The summed E-state index contributed by atoms with van der Waals surface area (Å²) in [6, 6.07) is 16.2. The van der Waals surface area contributed by atoms with Crippen molar-refractivity contribution in [1.29, 1.82) is 0 Å². The number of nitrogen functional groups attached to an aromatic ring is 1. The first-order valence-electron chi connectivity index (χ1n) is 30.3. The highest BCUT2D eigenvalue weighted by atomic mass is 31.3. The van der Waals surface area contributed by atoms with Crippen molar-refractivity contribution in [3.05, 3.63) is 197 Å². The Labute approximate surface area is 576 Å². The first-order valence-corrected chi connectivity index (χ1v) is 34.9. The zero-order valence-corrected chi connectivity index (χ0v) is 56.2. The number of carbonyl (C=O) groups excluding carboxylic acids is 5. The quantitative estimate of drug-likeness (QED) is 0.00342. The smallest absolute Gasteiger partial charge is 0.490 e. The maximum absolute atomic E-state index is 13.8. The third-order valence-electron chi connectivity index (χ3n) is 14.1. The lowest BCUT2D eigenvalue weighted by atomic mass is 10.1. The first kappa shape index (κ1) is 77.1. The molecule has 3 aromatic carbocycles. The van der Waals surface area contributed by atoms with Crippen molar-refractivity contribution in [1.82, 2.24) is 41.1 Å². The molecule has 536 valence electrons. The van der Waals surface area contributed by atoms with Crippen molar-refractivity contribution in [2.45, 2.75) is 63.3 Å². The van der Waals surface area contributed by atoms with Crippen LogP contribution in [0.3, 0.4) is 0 Å². The number of phosphoric acid groups is 3. The number of benzene rings is 3. The third-order valence-corrected chi connectivity index (χ3v) is 17.9. The van der Waals surface area contributed by atoms with Gasteiger partial charge in [0.1, 0.15) is 66.5 Å². The Balaban J connectivity index is 0.771. The summed E-state index contributed by atoms with van der Waals surface area (Å²) < 4.78 is 81.9. The molecule has 4 heterocycles. The van der Waals surface area contributed by atoms with Crippen LogP contribution < -0.4 is 48.4 Å². The van der Waals surface area contributed by atoms with E-state index in [1.807, 2.05) is 43.4 Å². The predicted molar refractivity (Wildman–Crippen MR) is 359 cm³/mol. The molecule has 6 aromatic rings. The molecule has 0 saturated carbocycles. The van der Waals surface area contributed by atoms with Crippen LogP contribution in [0.5, 0.6) is 5.75 Å². The van der Waals surface area contributed by atoms with Crippen molar-refractivity contribution in [2.24, 2.45) is 10.2 Å². The number of fused-ring (bicyclic) bond motifs is 2. The van der Waals surface area contributed by atoms with Gasteiger partial charge in [0.2, 0.25) is 23.6 Å². The van der Waals surface area contributed by atoms with Crippen molar-refractivity contribution in [3.8, 4) is 29.0 Å². The van der Waals surface area contributed by atoms with E-state index in [0.717, 1.165) is 21.9 Å². The molecule has 2 aliphatic rings. The van der Waals surface area contributed by atoms with E-state index in [4.69, 9.17) is 48.8 Å². The van der Waals surface area contributed by atoms with E-state index in [1.165, 1.54) is 42.5 Å². The first-order chi connectivity index (χ1) is 48.7. The van der Waals surface area contributed by atoms with Gasteiger partial charge >= 0.3 is 34.8 Å². The van der Waals surface area contributed by atoms with Crippen molar-refractivity contribution >= 4 is 80.9 Å². The molecule has 1 aliphatic heterocycles. The largest absolute Gasteiger partial charge is 0.491 e. The number of azide groups is 2. The Bertz CT molecular complexity index is 4740. The number of aryl methyl sites for hydroxylation is 1. The van der Waals surface area contributed by atoms with Crippen LogP contribution in [-0.2, 0) is 55.4 Å². The number of oxazole rings is 1. The molecule has 8 rings (SSSR count). The van der Waals surface area contributed by atoms with E-state index in [2.05, 4.69) is 81.6 Å². The molecule has 11 N–H and O–H groups in total. The normalized spacial score (nSPS) is 18.1. The standard InChI is InChI=1S/C61H64N15O23P3/c1-37-17-19-39-28-44(60(82)97-48(39)26-37)59-71-45-29-41(20-21-47(45)96-59)57(80)70-46(31-68-51(77)22-18-38-12-6-3-2-4-7-13-38)58(81)67-24-9-5-8-23-66-56(79)40-14-10-16-43(27-40)91-35-53(73-75-64)92-34-52(78)65-25-11-15-42-32-76(61(83)72-55(42)62)54-30-49(93-36-69-74-63)50(95-54)33-94-101(87,88)99-102(89,90)98-100(84,85)86/h2-4,6-7,10,12-14,16-22,26-29,32,46,49-50,53-54H,5,8-9,23-25,30-31,33-36H2,1H3,(H,65,78)(H,66,79)(H,67,81)(H,68,77)(H,70,80)(H,87,88)(H,89,90)(H2,62,72,83)(H2,84,85,86)/b3-2+,4-2?,6-3?,7-4-,12-6-,13-7?,22-18+,38-12?,38-13-. The molecule has 0 bridgehead atoms. The maximum atomic E-state index is 13.8. The number of nitrogens with two attached hydrogens (primary N) is 1. The summed E-state index contributed by atoms with van der Waals surface area (Å²) in [7, 11) is -17.2. The molecular formula is C61H64N15O23P3. The molecule has 1 aliphatic carbocycles. The zero-order valence-electron chi connectivity index (χ0n) is 53.5. The van der Waals surface area contributed by atoms with Crippen LogP contribution in [0.2, 0.25) is 0 Å². The van der Waals surface area contributed by atoms with E-state index in [-0.39, 0.29) is 83.4 Å². The second-order valence-electron chi connectivity index (χ2n) is 21.6. The van der Waals surface area contributed by atoms with Crippen LogP contribution in [0.1, 0.15) is 63.8 Å². The number of aromatic nitrogens is 3. The number of nitrogens with zero attached hydrogens (tertiary/aromatic N) is 9. The second-order valence-corrected chi connectivity index (χ2v) is 26.1. The number of amides is 5. The molecule has 102 heavy (non-hydrogen) atoms. The van der Waals surface area contributed by atoms with Crippen LogP contribution in [0.15, 0.2) is 162 Å². The summed E-state index contributed by atoms with van der Waals surface area (Å²) in [6.45, 7) is -1.00. The summed E-state index contributed by atoms with van der Waals surface area (Å²) in [4.78, 5) is 143.